The van der Waals surface area contributed by atoms with Crippen molar-refractivity contribution in [2.45, 2.75) is 44.8 Å². The summed E-state index contributed by atoms with van der Waals surface area (Å²) in [5.41, 5.74) is 1.57. The lowest BCUT2D eigenvalue weighted by Crippen LogP contribution is -2.54. The summed E-state index contributed by atoms with van der Waals surface area (Å²) in [4.78, 5) is 50.0. The summed E-state index contributed by atoms with van der Waals surface area (Å²) in [5.74, 6) is -1.38. The second kappa shape index (κ2) is 7.44. The molecule has 2 saturated heterocycles. The van der Waals surface area contributed by atoms with Gasteiger partial charge in [0.1, 0.15) is 6.04 Å². The molecule has 1 aromatic carbocycles. The van der Waals surface area contributed by atoms with Crippen molar-refractivity contribution in [3.8, 4) is 0 Å². The molecule has 148 valence electrons. The molecule has 3 unspecified atom stereocenters. The summed E-state index contributed by atoms with van der Waals surface area (Å²) >= 11 is 0. The van der Waals surface area contributed by atoms with Crippen LogP contribution >= 0.6 is 0 Å². The molecule has 2 fully saturated rings. The summed E-state index contributed by atoms with van der Waals surface area (Å²) in [6.07, 6.45) is 1.33. The van der Waals surface area contributed by atoms with E-state index in [1.165, 1.54) is 0 Å². The van der Waals surface area contributed by atoms with Gasteiger partial charge in [-0.2, -0.15) is 0 Å². The van der Waals surface area contributed by atoms with Crippen LogP contribution in [0.3, 0.4) is 0 Å². The number of piperidine rings is 2. The van der Waals surface area contributed by atoms with Crippen molar-refractivity contribution in [1.29, 1.82) is 0 Å². The molecule has 0 saturated carbocycles. The quantitative estimate of drug-likeness (QED) is 0.639. The number of fused-ring (bicyclic) bond motifs is 1. The highest BCUT2D eigenvalue weighted by Crippen LogP contribution is 2.28. The standard InChI is InChI=1S/C20H24N4O4/c1-11-9-21-7-6-15(11)22-10-12-2-3-13-14(8-12)20(28)24(19(13)27)16-4-5-17(25)23-18(16)26/h2-3,8,11,15-16,21-22H,4-7,9-10H2,1H3,(H,23,25,26). The molecule has 1 aromatic rings. The van der Waals surface area contributed by atoms with Gasteiger partial charge in [-0.3, -0.25) is 29.4 Å². The Kier molecular flexibility index (Phi) is 4.99. The molecule has 8 nitrogen and oxygen atoms in total. The van der Waals surface area contributed by atoms with Crippen LogP contribution < -0.4 is 16.0 Å². The van der Waals surface area contributed by atoms with Crippen LogP contribution in [0.25, 0.3) is 0 Å². The number of nitrogens with zero attached hydrogens (tertiary/aromatic N) is 1. The van der Waals surface area contributed by atoms with E-state index in [0.717, 1.165) is 30.0 Å². The largest absolute Gasteiger partial charge is 0.316 e. The third-order valence-electron chi connectivity index (χ3n) is 5.86. The van der Waals surface area contributed by atoms with Crippen LogP contribution in [-0.2, 0) is 16.1 Å². The van der Waals surface area contributed by atoms with E-state index in [0.29, 0.717) is 29.6 Å². The molecule has 3 aliphatic heterocycles. The summed E-state index contributed by atoms with van der Waals surface area (Å²) in [6, 6.07) is 4.72. The lowest BCUT2D eigenvalue weighted by Gasteiger charge is -2.30. The minimum Gasteiger partial charge on any atom is -0.316 e. The Morgan fingerprint density at radius 2 is 1.89 bits per heavy atom. The Balaban J connectivity index is 1.49. The second-order valence-electron chi connectivity index (χ2n) is 7.78. The van der Waals surface area contributed by atoms with Crippen molar-refractivity contribution in [3.63, 3.8) is 0 Å². The number of rotatable bonds is 4. The van der Waals surface area contributed by atoms with Gasteiger partial charge in [-0.05, 0) is 49.5 Å². The highest BCUT2D eigenvalue weighted by atomic mass is 16.2. The first kappa shape index (κ1) is 18.8. The fourth-order valence-corrected chi connectivity index (χ4v) is 4.19. The zero-order valence-corrected chi connectivity index (χ0v) is 15.8. The highest BCUT2D eigenvalue weighted by Gasteiger charge is 2.44. The molecule has 3 atom stereocenters. The second-order valence-corrected chi connectivity index (χ2v) is 7.78. The van der Waals surface area contributed by atoms with Crippen LogP contribution in [0.4, 0.5) is 0 Å². The number of nitrogens with one attached hydrogen (secondary N) is 3. The zero-order valence-electron chi connectivity index (χ0n) is 15.8. The van der Waals surface area contributed by atoms with Gasteiger partial charge in [0.05, 0.1) is 11.1 Å². The predicted molar refractivity (Wildman–Crippen MR) is 100 cm³/mol. The minimum absolute atomic E-state index is 0.118. The Morgan fingerprint density at radius 1 is 1.11 bits per heavy atom. The van der Waals surface area contributed by atoms with Gasteiger partial charge in [-0.1, -0.05) is 13.0 Å². The molecule has 3 aliphatic rings. The van der Waals surface area contributed by atoms with E-state index < -0.39 is 23.8 Å². The summed E-state index contributed by atoms with van der Waals surface area (Å²) in [6.45, 7) is 4.78. The summed E-state index contributed by atoms with van der Waals surface area (Å²) in [5, 5.41) is 9.12. The van der Waals surface area contributed by atoms with Crippen LogP contribution in [0, 0.1) is 5.92 Å². The van der Waals surface area contributed by atoms with Crippen molar-refractivity contribution in [1.82, 2.24) is 20.9 Å². The molecule has 0 spiro atoms. The van der Waals surface area contributed by atoms with E-state index in [-0.39, 0.29) is 18.7 Å². The van der Waals surface area contributed by atoms with Crippen molar-refractivity contribution >= 4 is 23.6 Å². The predicted octanol–water partition coefficient (Wildman–Crippen LogP) is 0.175. The molecule has 0 radical (unpaired) electrons. The average molecular weight is 384 g/mol. The summed E-state index contributed by atoms with van der Waals surface area (Å²) in [7, 11) is 0. The first-order valence-corrected chi connectivity index (χ1v) is 9.74. The van der Waals surface area contributed by atoms with E-state index >= 15 is 0 Å². The summed E-state index contributed by atoms with van der Waals surface area (Å²) < 4.78 is 0. The number of hydrogen-bond acceptors (Lipinski definition) is 6. The average Bonchev–Trinajstić information content (AvgIpc) is 2.92. The Morgan fingerprint density at radius 3 is 2.64 bits per heavy atom. The van der Waals surface area contributed by atoms with Crippen LogP contribution in [-0.4, -0.2) is 53.7 Å². The maximum absolute atomic E-state index is 12.9. The van der Waals surface area contributed by atoms with Crippen LogP contribution in [0.1, 0.15) is 52.5 Å². The maximum atomic E-state index is 12.9. The van der Waals surface area contributed by atoms with E-state index in [9.17, 15) is 19.2 Å². The number of benzene rings is 1. The maximum Gasteiger partial charge on any atom is 0.262 e. The molecule has 28 heavy (non-hydrogen) atoms. The van der Waals surface area contributed by atoms with E-state index in [1.807, 2.05) is 6.07 Å². The highest BCUT2D eigenvalue weighted by molar-refractivity contribution is 6.23. The smallest absolute Gasteiger partial charge is 0.262 e. The first-order chi connectivity index (χ1) is 13.5. The van der Waals surface area contributed by atoms with Gasteiger partial charge in [-0.15, -0.1) is 0 Å². The van der Waals surface area contributed by atoms with Crippen molar-refractivity contribution < 1.29 is 19.2 Å². The molecule has 8 heteroatoms. The van der Waals surface area contributed by atoms with Crippen LogP contribution in [0.2, 0.25) is 0 Å². The topological polar surface area (TPSA) is 108 Å². The van der Waals surface area contributed by atoms with Crippen LogP contribution in [0.5, 0.6) is 0 Å². The van der Waals surface area contributed by atoms with Gasteiger partial charge < -0.3 is 10.6 Å². The fourth-order valence-electron chi connectivity index (χ4n) is 4.19. The number of hydrogen-bond donors (Lipinski definition) is 3. The number of imide groups is 2. The van der Waals surface area contributed by atoms with Gasteiger partial charge in [0.2, 0.25) is 11.8 Å². The van der Waals surface area contributed by atoms with Gasteiger partial charge in [0.25, 0.3) is 11.8 Å². The SMILES string of the molecule is CC1CNCCC1NCc1ccc2c(c1)C(=O)N(C1CCC(=O)NC1=O)C2=O. The van der Waals surface area contributed by atoms with E-state index in [2.05, 4.69) is 22.9 Å². The van der Waals surface area contributed by atoms with Crippen molar-refractivity contribution in [3.05, 3.63) is 34.9 Å². The van der Waals surface area contributed by atoms with Gasteiger partial charge >= 0.3 is 0 Å². The number of carbonyl (C=O) groups excluding carboxylic acids is 4. The molecule has 4 amide bonds. The van der Waals surface area contributed by atoms with Gasteiger partial charge in [-0.25, -0.2) is 0 Å². The normalized spacial score (nSPS) is 27.8. The third kappa shape index (κ3) is 3.33. The Labute approximate surface area is 163 Å². The van der Waals surface area contributed by atoms with Gasteiger partial charge in [0.15, 0.2) is 0 Å². The lowest BCUT2D eigenvalue weighted by molar-refractivity contribution is -0.136. The lowest BCUT2D eigenvalue weighted by atomic mass is 9.95. The van der Waals surface area contributed by atoms with Gasteiger partial charge in [0, 0.05) is 19.0 Å². The molecular weight excluding hydrogens is 360 g/mol. The molecule has 4 rings (SSSR count). The van der Waals surface area contributed by atoms with Crippen molar-refractivity contribution in [2.75, 3.05) is 13.1 Å². The number of carbonyl (C=O) groups is 4. The molecule has 0 aliphatic carbocycles. The van der Waals surface area contributed by atoms with E-state index in [1.54, 1.807) is 12.1 Å². The number of amides is 4. The van der Waals surface area contributed by atoms with E-state index in [4.69, 9.17) is 0 Å². The Bertz CT molecular complexity index is 853. The molecule has 0 aromatic heterocycles. The third-order valence-corrected chi connectivity index (χ3v) is 5.86. The molecule has 0 bridgehead atoms. The Hall–Kier alpha value is -2.58. The first-order valence-electron chi connectivity index (χ1n) is 9.74. The monoisotopic (exact) mass is 384 g/mol. The molecule has 3 N–H and O–H groups in total. The van der Waals surface area contributed by atoms with Crippen molar-refractivity contribution in [2.24, 2.45) is 5.92 Å². The van der Waals surface area contributed by atoms with Crippen LogP contribution in [0.15, 0.2) is 18.2 Å². The molecular formula is C20H24N4O4. The zero-order chi connectivity index (χ0) is 19.8. The fraction of sp³-hybridized carbons (Fsp3) is 0.500. The molecule has 3 heterocycles. The minimum atomic E-state index is -0.928.